The number of benzene rings is 1. The Hall–Kier alpha value is -2.28. The smallest absolute Gasteiger partial charge is 0.340 e. The maximum absolute atomic E-state index is 11.9. The SMILES string of the molecule is CC[C@@H](C)[C@H](NC(=O)COC(=O)c1ccc(Cl)cc1N)C(=O)OC. The van der Waals surface area contributed by atoms with E-state index >= 15 is 0 Å². The second-order valence-electron chi connectivity index (χ2n) is 5.26. The van der Waals surface area contributed by atoms with Crippen LogP contribution in [-0.4, -0.2) is 37.6 Å². The first-order chi connectivity index (χ1) is 11.3. The molecule has 7 nitrogen and oxygen atoms in total. The molecule has 0 aliphatic rings. The van der Waals surface area contributed by atoms with Crippen molar-refractivity contribution in [2.24, 2.45) is 5.92 Å². The van der Waals surface area contributed by atoms with E-state index < -0.39 is 30.5 Å². The zero-order chi connectivity index (χ0) is 18.3. The van der Waals surface area contributed by atoms with Gasteiger partial charge in [-0.3, -0.25) is 4.79 Å². The average molecular weight is 357 g/mol. The van der Waals surface area contributed by atoms with E-state index in [1.165, 1.54) is 25.3 Å². The summed E-state index contributed by atoms with van der Waals surface area (Å²) in [6.45, 7) is 3.16. The fourth-order valence-corrected chi connectivity index (χ4v) is 2.12. The molecule has 0 heterocycles. The minimum absolute atomic E-state index is 0.110. The third-order valence-corrected chi connectivity index (χ3v) is 3.79. The molecule has 0 aromatic heterocycles. The van der Waals surface area contributed by atoms with Gasteiger partial charge in [0.25, 0.3) is 5.91 Å². The highest BCUT2D eigenvalue weighted by Gasteiger charge is 2.27. The first-order valence-corrected chi connectivity index (χ1v) is 7.77. The lowest BCUT2D eigenvalue weighted by molar-refractivity contribution is -0.147. The van der Waals surface area contributed by atoms with Gasteiger partial charge in [-0.1, -0.05) is 31.9 Å². The monoisotopic (exact) mass is 356 g/mol. The van der Waals surface area contributed by atoms with Gasteiger partial charge in [-0.25, -0.2) is 9.59 Å². The van der Waals surface area contributed by atoms with E-state index in [9.17, 15) is 14.4 Å². The zero-order valence-corrected chi connectivity index (χ0v) is 14.6. The summed E-state index contributed by atoms with van der Waals surface area (Å²) in [5.41, 5.74) is 5.94. The van der Waals surface area contributed by atoms with Crippen LogP contribution in [0.4, 0.5) is 5.69 Å². The molecule has 1 aromatic carbocycles. The normalized spacial score (nSPS) is 12.8. The third kappa shape index (κ3) is 5.42. The van der Waals surface area contributed by atoms with E-state index in [1.54, 1.807) is 0 Å². The number of carbonyl (C=O) groups is 3. The molecule has 0 bridgehead atoms. The van der Waals surface area contributed by atoms with Crippen LogP contribution in [0.15, 0.2) is 18.2 Å². The largest absolute Gasteiger partial charge is 0.467 e. The topological polar surface area (TPSA) is 108 Å². The number of nitrogens with one attached hydrogen (secondary N) is 1. The number of hydrogen-bond acceptors (Lipinski definition) is 6. The Balaban J connectivity index is 2.64. The number of hydrogen-bond donors (Lipinski definition) is 2. The molecule has 0 aliphatic heterocycles. The number of anilines is 1. The highest BCUT2D eigenvalue weighted by molar-refractivity contribution is 6.31. The van der Waals surface area contributed by atoms with Crippen molar-refractivity contribution in [3.05, 3.63) is 28.8 Å². The summed E-state index contributed by atoms with van der Waals surface area (Å²) in [5.74, 6) is -2.03. The Bertz CT molecular complexity index is 620. The van der Waals surface area contributed by atoms with Crippen LogP contribution in [0.25, 0.3) is 0 Å². The van der Waals surface area contributed by atoms with E-state index in [0.29, 0.717) is 11.4 Å². The lowest BCUT2D eigenvalue weighted by Crippen LogP contribution is -2.47. The molecule has 0 unspecified atom stereocenters. The zero-order valence-electron chi connectivity index (χ0n) is 13.8. The van der Waals surface area contributed by atoms with E-state index in [2.05, 4.69) is 10.1 Å². The van der Waals surface area contributed by atoms with Crippen LogP contribution in [-0.2, 0) is 19.1 Å². The molecule has 0 saturated carbocycles. The second-order valence-corrected chi connectivity index (χ2v) is 5.70. The van der Waals surface area contributed by atoms with E-state index in [1.807, 2.05) is 13.8 Å². The van der Waals surface area contributed by atoms with Crippen molar-refractivity contribution >= 4 is 35.1 Å². The van der Waals surface area contributed by atoms with Crippen molar-refractivity contribution in [2.75, 3.05) is 19.5 Å². The van der Waals surface area contributed by atoms with E-state index in [-0.39, 0.29) is 17.2 Å². The number of nitrogen functional groups attached to an aromatic ring is 1. The number of rotatable bonds is 7. The van der Waals surface area contributed by atoms with Crippen LogP contribution < -0.4 is 11.1 Å². The van der Waals surface area contributed by atoms with Crippen molar-refractivity contribution in [3.63, 3.8) is 0 Å². The quantitative estimate of drug-likeness (QED) is 0.569. The second kappa shape index (κ2) is 9.12. The molecule has 24 heavy (non-hydrogen) atoms. The van der Waals surface area contributed by atoms with Gasteiger partial charge >= 0.3 is 11.9 Å². The van der Waals surface area contributed by atoms with E-state index in [0.717, 1.165) is 0 Å². The number of carbonyl (C=O) groups excluding carboxylic acids is 3. The Morgan fingerprint density at radius 3 is 2.54 bits per heavy atom. The van der Waals surface area contributed by atoms with Gasteiger partial charge in [0.2, 0.25) is 0 Å². The number of ether oxygens (including phenoxy) is 2. The van der Waals surface area contributed by atoms with Gasteiger partial charge in [-0.05, 0) is 24.1 Å². The molecule has 1 rings (SSSR count). The lowest BCUT2D eigenvalue weighted by Gasteiger charge is -2.21. The van der Waals surface area contributed by atoms with Crippen LogP contribution in [0.2, 0.25) is 5.02 Å². The fourth-order valence-electron chi connectivity index (χ4n) is 1.94. The molecular formula is C16H21ClN2O5. The standard InChI is InChI=1S/C16H21ClN2O5/c1-4-9(2)14(16(22)23-3)19-13(20)8-24-15(21)11-6-5-10(17)7-12(11)18/h5-7,9,14H,4,8,18H2,1-3H3,(H,19,20)/t9-,14+/m1/s1. The van der Waals surface area contributed by atoms with Gasteiger partial charge in [0.1, 0.15) is 6.04 Å². The molecule has 2 atom stereocenters. The van der Waals surface area contributed by atoms with Crippen molar-refractivity contribution in [3.8, 4) is 0 Å². The van der Waals surface area contributed by atoms with Crippen molar-refractivity contribution in [1.29, 1.82) is 0 Å². The van der Waals surface area contributed by atoms with E-state index in [4.69, 9.17) is 22.1 Å². The lowest BCUT2D eigenvalue weighted by atomic mass is 9.99. The average Bonchev–Trinajstić information content (AvgIpc) is 2.56. The number of amides is 1. The Labute approximate surface area is 145 Å². The van der Waals surface area contributed by atoms with Crippen molar-refractivity contribution < 1.29 is 23.9 Å². The summed E-state index contributed by atoms with van der Waals surface area (Å²) >= 11 is 5.75. The van der Waals surface area contributed by atoms with Gasteiger partial charge in [-0.15, -0.1) is 0 Å². The number of nitrogens with two attached hydrogens (primary N) is 1. The van der Waals surface area contributed by atoms with Gasteiger partial charge in [-0.2, -0.15) is 0 Å². The van der Waals surface area contributed by atoms with Crippen LogP contribution in [0.5, 0.6) is 0 Å². The minimum atomic E-state index is -0.799. The summed E-state index contributed by atoms with van der Waals surface area (Å²) in [6, 6.07) is 3.51. The van der Waals surface area contributed by atoms with Crippen LogP contribution >= 0.6 is 11.6 Å². The molecular weight excluding hydrogens is 336 g/mol. The predicted molar refractivity (Wildman–Crippen MR) is 89.5 cm³/mol. The summed E-state index contributed by atoms with van der Waals surface area (Å²) < 4.78 is 9.58. The summed E-state index contributed by atoms with van der Waals surface area (Å²) in [5, 5.41) is 2.89. The first-order valence-electron chi connectivity index (χ1n) is 7.39. The molecule has 0 fully saturated rings. The summed E-state index contributed by atoms with van der Waals surface area (Å²) in [4.78, 5) is 35.6. The molecule has 0 radical (unpaired) electrons. The molecule has 8 heteroatoms. The van der Waals surface area contributed by atoms with Gasteiger partial charge in [0.05, 0.1) is 12.7 Å². The number of methoxy groups -OCH3 is 1. The van der Waals surface area contributed by atoms with Crippen LogP contribution in [0, 0.1) is 5.92 Å². The highest BCUT2D eigenvalue weighted by Crippen LogP contribution is 2.18. The summed E-state index contributed by atoms with van der Waals surface area (Å²) in [7, 11) is 1.24. The first kappa shape index (κ1) is 19.8. The molecule has 132 valence electrons. The van der Waals surface area contributed by atoms with Gasteiger partial charge in [0.15, 0.2) is 6.61 Å². The molecule has 1 amide bonds. The fraction of sp³-hybridized carbons (Fsp3) is 0.438. The van der Waals surface area contributed by atoms with Crippen LogP contribution in [0.3, 0.4) is 0 Å². The number of halogens is 1. The Kier molecular flexibility index (Phi) is 7.51. The molecule has 0 saturated heterocycles. The van der Waals surface area contributed by atoms with Crippen LogP contribution in [0.1, 0.15) is 30.6 Å². The third-order valence-electron chi connectivity index (χ3n) is 3.55. The maximum atomic E-state index is 11.9. The van der Waals surface area contributed by atoms with Gasteiger partial charge in [0, 0.05) is 10.7 Å². The Morgan fingerprint density at radius 2 is 2.00 bits per heavy atom. The highest BCUT2D eigenvalue weighted by atomic mass is 35.5. The van der Waals surface area contributed by atoms with Crippen molar-refractivity contribution in [1.82, 2.24) is 5.32 Å². The summed E-state index contributed by atoms with van der Waals surface area (Å²) in [6.07, 6.45) is 0.668. The molecule has 0 aliphatic carbocycles. The molecule has 3 N–H and O–H groups in total. The Morgan fingerprint density at radius 1 is 1.33 bits per heavy atom. The van der Waals surface area contributed by atoms with Crippen molar-refractivity contribution in [2.45, 2.75) is 26.3 Å². The molecule has 1 aromatic rings. The molecule has 0 spiro atoms. The minimum Gasteiger partial charge on any atom is -0.467 e. The van der Waals surface area contributed by atoms with Gasteiger partial charge < -0.3 is 20.5 Å². The maximum Gasteiger partial charge on any atom is 0.340 e. The number of esters is 2. The predicted octanol–water partition coefficient (Wildman–Crippen LogP) is 1.78.